The lowest BCUT2D eigenvalue weighted by molar-refractivity contribution is 0.439. The topological polar surface area (TPSA) is 12.0 Å². The summed E-state index contributed by atoms with van der Waals surface area (Å²) in [6.45, 7) is 2.87. The minimum Gasteiger partial charge on any atom is -0.313 e. The summed E-state index contributed by atoms with van der Waals surface area (Å²) in [7, 11) is 0. The molecule has 2 unspecified atom stereocenters. The van der Waals surface area contributed by atoms with Gasteiger partial charge in [-0.05, 0) is 31.6 Å². The fourth-order valence-electron chi connectivity index (χ4n) is 1.93. The largest absolute Gasteiger partial charge is 0.313 e. The van der Waals surface area contributed by atoms with E-state index in [1.54, 1.807) is 0 Å². The summed E-state index contributed by atoms with van der Waals surface area (Å²) in [4.78, 5) is 0. The van der Waals surface area contributed by atoms with Gasteiger partial charge >= 0.3 is 0 Å². The third-order valence-corrected chi connectivity index (χ3v) is 3.88. The third-order valence-electron chi connectivity index (χ3n) is 2.55. The van der Waals surface area contributed by atoms with Gasteiger partial charge in [-0.2, -0.15) is 11.8 Å². The molecule has 0 saturated heterocycles. The molecule has 78 valence electrons. The SMILES string of the molecule is CCSC1CCCC1NCCCF. The van der Waals surface area contributed by atoms with Gasteiger partial charge in [0, 0.05) is 11.3 Å². The smallest absolute Gasteiger partial charge is 0.0906 e. The zero-order chi connectivity index (χ0) is 9.52. The molecule has 1 N–H and O–H groups in total. The van der Waals surface area contributed by atoms with E-state index in [0.29, 0.717) is 12.5 Å². The zero-order valence-electron chi connectivity index (χ0n) is 8.39. The Morgan fingerprint density at radius 3 is 3.00 bits per heavy atom. The number of hydrogen-bond acceptors (Lipinski definition) is 2. The van der Waals surface area contributed by atoms with E-state index in [2.05, 4.69) is 12.2 Å². The van der Waals surface area contributed by atoms with Crippen molar-refractivity contribution in [3.8, 4) is 0 Å². The van der Waals surface area contributed by atoms with Gasteiger partial charge in [0.25, 0.3) is 0 Å². The predicted molar refractivity (Wildman–Crippen MR) is 58.2 cm³/mol. The molecule has 0 radical (unpaired) electrons. The first kappa shape index (κ1) is 11.3. The normalized spacial score (nSPS) is 28.2. The highest BCUT2D eigenvalue weighted by Gasteiger charge is 2.25. The summed E-state index contributed by atoms with van der Waals surface area (Å²) in [6.07, 6.45) is 4.63. The molecule has 3 heteroatoms. The molecule has 2 atom stereocenters. The van der Waals surface area contributed by atoms with Crippen LogP contribution in [-0.4, -0.2) is 30.3 Å². The van der Waals surface area contributed by atoms with Crippen LogP contribution >= 0.6 is 11.8 Å². The molecule has 0 amide bonds. The first-order valence-electron chi connectivity index (χ1n) is 5.29. The second kappa shape index (κ2) is 6.66. The summed E-state index contributed by atoms with van der Waals surface area (Å²) in [5, 5.41) is 4.24. The molecule has 0 aliphatic heterocycles. The highest BCUT2D eigenvalue weighted by molar-refractivity contribution is 7.99. The summed E-state index contributed by atoms with van der Waals surface area (Å²) in [6, 6.07) is 0.650. The van der Waals surface area contributed by atoms with Gasteiger partial charge in [-0.3, -0.25) is 4.39 Å². The van der Waals surface area contributed by atoms with Crippen LogP contribution in [-0.2, 0) is 0 Å². The van der Waals surface area contributed by atoms with E-state index < -0.39 is 0 Å². The molecule has 0 aromatic carbocycles. The highest BCUT2D eigenvalue weighted by Crippen LogP contribution is 2.29. The second-order valence-corrected chi connectivity index (χ2v) is 5.04. The van der Waals surface area contributed by atoms with E-state index in [-0.39, 0.29) is 6.67 Å². The molecular weight excluding hydrogens is 185 g/mol. The van der Waals surface area contributed by atoms with Gasteiger partial charge in [-0.15, -0.1) is 0 Å². The molecule has 0 heterocycles. The molecule has 0 aromatic heterocycles. The van der Waals surface area contributed by atoms with Gasteiger partial charge < -0.3 is 5.32 Å². The molecule has 0 aromatic rings. The van der Waals surface area contributed by atoms with Crippen LogP contribution in [0.3, 0.4) is 0 Å². The van der Waals surface area contributed by atoms with Gasteiger partial charge in [0.1, 0.15) is 0 Å². The molecule has 0 spiro atoms. The Labute approximate surface area is 84.9 Å². The van der Waals surface area contributed by atoms with Crippen LogP contribution < -0.4 is 5.32 Å². The van der Waals surface area contributed by atoms with Crippen molar-refractivity contribution in [3.05, 3.63) is 0 Å². The van der Waals surface area contributed by atoms with Crippen molar-refractivity contribution in [2.75, 3.05) is 19.0 Å². The van der Waals surface area contributed by atoms with E-state index in [1.165, 1.54) is 25.0 Å². The quantitative estimate of drug-likeness (QED) is 0.669. The number of rotatable bonds is 6. The Morgan fingerprint density at radius 2 is 2.31 bits per heavy atom. The minimum absolute atomic E-state index is 0.189. The summed E-state index contributed by atoms with van der Waals surface area (Å²) >= 11 is 2.05. The minimum atomic E-state index is -0.189. The summed E-state index contributed by atoms with van der Waals surface area (Å²) in [5.74, 6) is 1.20. The molecule has 13 heavy (non-hydrogen) atoms. The molecule has 0 bridgehead atoms. The van der Waals surface area contributed by atoms with E-state index in [0.717, 1.165) is 11.8 Å². The summed E-state index contributed by atoms with van der Waals surface area (Å²) in [5.41, 5.74) is 0. The second-order valence-electron chi connectivity index (χ2n) is 3.53. The molecule has 1 fully saturated rings. The number of thioether (sulfide) groups is 1. The van der Waals surface area contributed by atoms with Gasteiger partial charge in [0.15, 0.2) is 0 Å². The third kappa shape index (κ3) is 3.86. The number of hydrogen-bond donors (Lipinski definition) is 1. The van der Waals surface area contributed by atoms with Crippen LogP contribution in [0.15, 0.2) is 0 Å². The van der Waals surface area contributed by atoms with Crippen molar-refractivity contribution in [2.24, 2.45) is 0 Å². The van der Waals surface area contributed by atoms with Gasteiger partial charge in [0.05, 0.1) is 6.67 Å². The average molecular weight is 205 g/mol. The fourth-order valence-corrected chi connectivity index (χ4v) is 3.15. The highest BCUT2D eigenvalue weighted by atomic mass is 32.2. The molecule has 1 rings (SSSR count). The lowest BCUT2D eigenvalue weighted by Crippen LogP contribution is -2.35. The van der Waals surface area contributed by atoms with Crippen LogP contribution in [0.4, 0.5) is 4.39 Å². The van der Waals surface area contributed by atoms with Gasteiger partial charge in [-0.25, -0.2) is 0 Å². The van der Waals surface area contributed by atoms with Crippen LogP contribution in [0.1, 0.15) is 32.6 Å². The molecule has 1 aliphatic carbocycles. The Bertz CT molecular complexity index is 132. The number of halogens is 1. The molecule has 1 saturated carbocycles. The Balaban J connectivity index is 2.15. The lowest BCUT2D eigenvalue weighted by Gasteiger charge is -2.19. The van der Waals surface area contributed by atoms with Gasteiger partial charge in [-0.1, -0.05) is 13.3 Å². The fraction of sp³-hybridized carbons (Fsp3) is 1.00. The molecular formula is C10H20FNS. The van der Waals surface area contributed by atoms with E-state index in [4.69, 9.17) is 0 Å². The summed E-state index contributed by atoms with van der Waals surface area (Å²) < 4.78 is 11.9. The monoisotopic (exact) mass is 205 g/mol. The lowest BCUT2D eigenvalue weighted by atomic mass is 10.2. The Morgan fingerprint density at radius 1 is 1.46 bits per heavy atom. The average Bonchev–Trinajstić information content (AvgIpc) is 2.54. The Hall–Kier alpha value is 0.240. The maximum absolute atomic E-state index is 11.9. The van der Waals surface area contributed by atoms with E-state index in [1.807, 2.05) is 11.8 Å². The van der Waals surface area contributed by atoms with Crippen molar-refractivity contribution in [2.45, 2.75) is 43.9 Å². The van der Waals surface area contributed by atoms with Gasteiger partial charge in [0.2, 0.25) is 0 Å². The van der Waals surface area contributed by atoms with E-state index in [9.17, 15) is 4.39 Å². The zero-order valence-corrected chi connectivity index (χ0v) is 9.21. The molecule has 1 nitrogen and oxygen atoms in total. The standard InChI is InChI=1S/C10H20FNS/c1-2-13-10-6-3-5-9(10)12-8-4-7-11/h9-10,12H,2-8H2,1H3. The van der Waals surface area contributed by atoms with Crippen molar-refractivity contribution in [1.29, 1.82) is 0 Å². The maximum Gasteiger partial charge on any atom is 0.0906 e. The van der Waals surface area contributed by atoms with Crippen LogP contribution in [0.5, 0.6) is 0 Å². The van der Waals surface area contributed by atoms with Crippen molar-refractivity contribution in [1.82, 2.24) is 5.32 Å². The van der Waals surface area contributed by atoms with Crippen LogP contribution in [0.25, 0.3) is 0 Å². The first-order valence-corrected chi connectivity index (χ1v) is 6.34. The van der Waals surface area contributed by atoms with E-state index >= 15 is 0 Å². The number of alkyl halides is 1. The maximum atomic E-state index is 11.9. The molecule has 1 aliphatic rings. The van der Waals surface area contributed by atoms with Crippen LogP contribution in [0.2, 0.25) is 0 Å². The Kier molecular flexibility index (Phi) is 5.80. The van der Waals surface area contributed by atoms with Crippen molar-refractivity contribution in [3.63, 3.8) is 0 Å². The number of nitrogens with one attached hydrogen (secondary N) is 1. The van der Waals surface area contributed by atoms with Crippen molar-refractivity contribution >= 4 is 11.8 Å². The first-order chi connectivity index (χ1) is 6.38. The predicted octanol–water partition coefficient (Wildman–Crippen LogP) is 2.61. The van der Waals surface area contributed by atoms with Crippen LogP contribution in [0, 0.1) is 0 Å². The van der Waals surface area contributed by atoms with Crippen molar-refractivity contribution < 1.29 is 4.39 Å².